The minimum Gasteiger partial charge on any atom is -0.378 e. The van der Waals surface area contributed by atoms with Crippen LogP contribution < -0.4 is 5.73 Å². The Hall–Kier alpha value is -0.610. The van der Waals surface area contributed by atoms with Gasteiger partial charge in [-0.25, -0.2) is 0 Å². The predicted molar refractivity (Wildman–Crippen MR) is 50.2 cm³/mol. The maximum absolute atomic E-state index is 11.8. The van der Waals surface area contributed by atoms with Gasteiger partial charge in [0.2, 0.25) is 5.91 Å². The van der Waals surface area contributed by atoms with Crippen LogP contribution in [0.4, 0.5) is 0 Å². The van der Waals surface area contributed by atoms with Gasteiger partial charge >= 0.3 is 0 Å². The van der Waals surface area contributed by atoms with E-state index in [2.05, 4.69) is 0 Å². The number of morpholine rings is 1. The van der Waals surface area contributed by atoms with Crippen LogP contribution in [0.1, 0.15) is 13.3 Å². The van der Waals surface area contributed by atoms with Crippen molar-refractivity contribution in [3.8, 4) is 0 Å². The molecule has 1 amide bonds. The highest BCUT2D eigenvalue weighted by Gasteiger charge is 2.22. The number of carbonyl (C=O) groups excluding carboxylic acids is 1. The van der Waals surface area contributed by atoms with Gasteiger partial charge in [-0.2, -0.15) is 0 Å². The minimum atomic E-state index is -0.00176. The zero-order valence-electron chi connectivity index (χ0n) is 8.16. The van der Waals surface area contributed by atoms with E-state index in [4.69, 9.17) is 10.5 Å². The van der Waals surface area contributed by atoms with Crippen LogP contribution in [0.3, 0.4) is 0 Å². The van der Waals surface area contributed by atoms with Gasteiger partial charge in [0.15, 0.2) is 0 Å². The van der Waals surface area contributed by atoms with Crippen molar-refractivity contribution < 1.29 is 9.53 Å². The van der Waals surface area contributed by atoms with Gasteiger partial charge < -0.3 is 15.4 Å². The van der Waals surface area contributed by atoms with Gasteiger partial charge in [-0.3, -0.25) is 4.79 Å². The average Bonchev–Trinajstić information content (AvgIpc) is 2.21. The van der Waals surface area contributed by atoms with Crippen LogP contribution in [0.15, 0.2) is 0 Å². The van der Waals surface area contributed by atoms with Crippen molar-refractivity contribution in [3.05, 3.63) is 0 Å². The molecular formula is C9H18N2O2. The summed E-state index contributed by atoms with van der Waals surface area (Å²) in [4.78, 5) is 13.6. The highest BCUT2D eigenvalue weighted by Crippen LogP contribution is 2.08. The average molecular weight is 186 g/mol. The molecule has 1 aliphatic rings. The molecule has 0 aromatic rings. The zero-order chi connectivity index (χ0) is 9.68. The summed E-state index contributed by atoms with van der Waals surface area (Å²) in [7, 11) is 0. The lowest BCUT2D eigenvalue weighted by Gasteiger charge is -2.29. The van der Waals surface area contributed by atoms with Crippen LogP contribution in [-0.2, 0) is 9.53 Å². The summed E-state index contributed by atoms with van der Waals surface area (Å²) >= 11 is 0. The van der Waals surface area contributed by atoms with E-state index in [0.29, 0.717) is 19.8 Å². The number of carbonyl (C=O) groups is 1. The number of hydrogen-bond donors (Lipinski definition) is 1. The fourth-order valence-corrected chi connectivity index (χ4v) is 1.48. The van der Waals surface area contributed by atoms with Gasteiger partial charge in [-0.05, 0) is 6.42 Å². The summed E-state index contributed by atoms with van der Waals surface area (Å²) in [5, 5.41) is 0. The Kier molecular flexibility index (Phi) is 4.18. The number of ether oxygens (including phenoxy) is 1. The molecule has 1 atom stereocenters. The fourth-order valence-electron chi connectivity index (χ4n) is 1.48. The molecule has 2 N–H and O–H groups in total. The SMILES string of the molecule is CCC(CN)C(=O)N1CCOCC1. The van der Waals surface area contributed by atoms with Gasteiger partial charge in [0.1, 0.15) is 0 Å². The van der Waals surface area contributed by atoms with Crippen LogP contribution in [0.2, 0.25) is 0 Å². The topological polar surface area (TPSA) is 55.6 Å². The van der Waals surface area contributed by atoms with Crippen molar-refractivity contribution in [2.24, 2.45) is 11.7 Å². The number of hydrogen-bond acceptors (Lipinski definition) is 3. The zero-order valence-corrected chi connectivity index (χ0v) is 8.16. The molecular weight excluding hydrogens is 168 g/mol. The van der Waals surface area contributed by atoms with Crippen LogP contribution in [0, 0.1) is 5.92 Å². The second-order valence-corrected chi connectivity index (χ2v) is 3.28. The lowest BCUT2D eigenvalue weighted by Crippen LogP contribution is -2.45. The lowest BCUT2D eigenvalue weighted by molar-refractivity contribution is -0.139. The maximum Gasteiger partial charge on any atom is 0.227 e. The van der Waals surface area contributed by atoms with Gasteiger partial charge in [0.05, 0.1) is 19.1 Å². The van der Waals surface area contributed by atoms with E-state index in [0.717, 1.165) is 19.5 Å². The van der Waals surface area contributed by atoms with Crippen molar-refractivity contribution in [1.29, 1.82) is 0 Å². The van der Waals surface area contributed by atoms with E-state index in [1.807, 2.05) is 11.8 Å². The quantitative estimate of drug-likeness (QED) is 0.666. The first-order valence-corrected chi connectivity index (χ1v) is 4.86. The van der Waals surface area contributed by atoms with Gasteiger partial charge in [-0.15, -0.1) is 0 Å². The Morgan fingerprint density at radius 3 is 2.62 bits per heavy atom. The number of amides is 1. The van der Waals surface area contributed by atoms with Gasteiger partial charge in [-0.1, -0.05) is 6.92 Å². The third-order valence-corrected chi connectivity index (χ3v) is 2.45. The van der Waals surface area contributed by atoms with Crippen molar-refractivity contribution >= 4 is 5.91 Å². The highest BCUT2D eigenvalue weighted by molar-refractivity contribution is 5.79. The minimum absolute atomic E-state index is 0.00176. The number of nitrogens with two attached hydrogens (primary N) is 1. The molecule has 1 fully saturated rings. The molecule has 4 heteroatoms. The molecule has 1 rings (SSSR count). The molecule has 1 unspecified atom stereocenters. The molecule has 76 valence electrons. The summed E-state index contributed by atoms with van der Waals surface area (Å²) in [6, 6.07) is 0. The van der Waals surface area contributed by atoms with Gasteiger partial charge in [0, 0.05) is 19.6 Å². The first-order chi connectivity index (χ1) is 6.29. The summed E-state index contributed by atoms with van der Waals surface area (Å²) in [6.45, 7) is 5.20. The van der Waals surface area contributed by atoms with E-state index >= 15 is 0 Å². The second kappa shape index (κ2) is 5.19. The Labute approximate surface area is 79.0 Å². The molecule has 0 spiro atoms. The predicted octanol–water partition coefficient (Wildman–Crippen LogP) is -0.170. The standard InChI is InChI=1S/C9H18N2O2/c1-2-8(7-10)9(12)11-3-5-13-6-4-11/h8H,2-7,10H2,1H3. The molecule has 0 aromatic heterocycles. The second-order valence-electron chi connectivity index (χ2n) is 3.28. The fraction of sp³-hybridized carbons (Fsp3) is 0.889. The first-order valence-electron chi connectivity index (χ1n) is 4.86. The summed E-state index contributed by atoms with van der Waals surface area (Å²) in [6.07, 6.45) is 0.826. The number of nitrogens with zero attached hydrogens (tertiary/aromatic N) is 1. The molecule has 0 aliphatic carbocycles. The molecule has 1 saturated heterocycles. The monoisotopic (exact) mass is 186 g/mol. The van der Waals surface area contributed by atoms with Crippen LogP contribution in [0.5, 0.6) is 0 Å². The third kappa shape index (κ3) is 2.67. The van der Waals surface area contributed by atoms with Crippen LogP contribution in [-0.4, -0.2) is 43.7 Å². The van der Waals surface area contributed by atoms with E-state index in [-0.39, 0.29) is 11.8 Å². The molecule has 0 aromatic carbocycles. The number of rotatable bonds is 3. The van der Waals surface area contributed by atoms with Crippen molar-refractivity contribution in [1.82, 2.24) is 4.90 Å². The Morgan fingerprint density at radius 2 is 2.15 bits per heavy atom. The lowest BCUT2D eigenvalue weighted by atomic mass is 10.1. The molecule has 0 saturated carbocycles. The molecule has 0 bridgehead atoms. The normalized spacial score (nSPS) is 20.0. The van der Waals surface area contributed by atoms with E-state index in [1.54, 1.807) is 0 Å². The molecule has 13 heavy (non-hydrogen) atoms. The highest BCUT2D eigenvalue weighted by atomic mass is 16.5. The first kappa shape index (κ1) is 10.5. The van der Waals surface area contributed by atoms with E-state index in [1.165, 1.54) is 0 Å². The summed E-state index contributed by atoms with van der Waals surface area (Å²) in [5.41, 5.74) is 5.51. The Balaban J connectivity index is 2.44. The molecule has 1 heterocycles. The Morgan fingerprint density at radius 1 is 1.54 bits per heavy atom. The smallest absolute Gasteiger partial charge is 0.227 e. The van der Waals surface area contributed by atoms with Crippen LogP contribution >= 0.6 is 0 Å². The summed E-state index contributed by atoms with van der Waals surface area (Å²) in [5.74, 6) is 0.186. The molecule has 4 nitrogen and oxygen atoms in total. The third-order valence-electron chi connectivity index (χ3n) is 2.45. The maximum atomic E-state index is 11.8. The molecule has 0 radical (unpaired) electrons. The largest absolute Gasteiger partial charge is 0.378 e. The molecule has 1 aliphatic heterocycles. The van der Waals surface area contributed by atoms with Crippen molar-refractivity contribution in [2.75, 3.05) is 32.8 Å². The Bertz CT molecular complexity index is 163. The van der Waals surface area contributed by atoms with E-state index < -0.39 is 0 Å². The van der Waals surface area contributed by atoms with Crippen molar-refractivity contribution in [3.63, 3.8) is 0 Å². The van der Waals surface area contributed by atoms with Crippen LogP contribution in [0.25, 0.3) is 0 Å². The van der Waals surface area contributed by atoms with Crippen molar-refractivity contribution in [2.45, 2.75) is 13.3 Å². The summed E-state index contributed by atoms with van der Waals surface area (Å²) < 4.78 is 5.17. The van der Waals surface area contributed by atoms with Gasteiger partial charge in [0.25, 0.3) is 0 Å². The van der Waals surface area contributed by atoms with E-state index in [9.17, 15) is 4.79 Å².